The molecule has 1 aliphatic carbocycles. The van der Waals surface area contributed by atoms with Crippen LogP contribution in [0.25, 0.3) is 0 Å². The van der Waals surface area contributed by atoms with Crippen LogP contribution < -0.4 is 11.1 Å². The topological polar surface area (TPSA) is 55.1 Å². The van der Waals surface area contributed by atoms with Gasteiger partial charge in [-0.1, -0.05) is 31.5 Å². The smallest absolute Gasteiger partial charge is 0.224 e. The lowest BCUT2D eigenvalue weighted by Gasteiger charge is -2.15. The fraction of sp³-hybridized carbons (Fsp3) is 0.533. The van der Waals surface area contributed by atoms with Gasteiger partial charge in [0.1, 0.15) is 0 Å². The quantitative estimate of drug-likeness (QED) is 0.858. The van der Waals surface area contributed by atoms with E-state index in [9.17, 15) is 4.79 Å². The third kappa shape index (κ3) is 3.10. The van der Waals surface area contributed by atoms with Crippen molar-refractivity contribution < 1.29 is 4.79 Å². The maximum atomic E-state index is 12.0. The molecule has 2 rings (SSSR count). The molecule has 1 amide bonds. The summed E-state index contributed by atoms with van der Waals surface area (Å²) in [6.07, 6.45) is 4.79. The van der Waals surface area contributed by atoms with E-state index in [2.05, 4.69) is 18.3 Å². The number of para-hydroxylation sites is 1. The van der Waals surface area contributed by atoms with Crippen molar-refractivity contribution in [2.45, 2.75) is 45.1 Å². The average molecular weight is 246 g/mol. The lowest BCUT2D eigenvalue weighted by atomic mass is 9.99. The summed E-state index contributed by atoms with van der Waals surface area (Å²) < 4.78 is 0. The minimum absolute atomic E-state index is 0.0956. The molecule has 3 nitrogen and oxygen atoms in total. The summed E-state index contributed by atoms with van der Waals surface area (Å²) in [5.41, 5.74) is 8.12. The van der Waals surface area contributed by atoms with Gasteiger partial charge < -0.3 is 11.1 Å². The summed E-state index contributed by atoms with van der Waals surface area (Å²) in [4.78, 5) is 12.0. The minimum Gasteiger partial charge on any atom is -0.327 e. The van der Waals surface area contributed by atoms with E-state index in [4.69, 9.17) is 5.73 Å². The first-order valence-electron chi connectivity index (χ1n) is 6.84. The molecule has 0 bridgehead atoms. The van der Waals surface area contributed by atoms with Crippen LogP contribution in [0.5, 0.6) is 0 Å². The Labute approximate surface area is 109 Å². The molecule has 0 unspecified atom stereocenters. The number of rotatable bonds is 4. The zero-order valence-corrected chi connectivity index (χ0v) is 11.0. The van der Waals surface area contributed by atoms with E-state index in [1.165, 1.54) is 5.56 Å². The highest BCUT2D eigenvalue weighted by atomic mass is 16.1. The summed E-state index contributed by atoms with van der Waals surface area (Å²) in [6.45, 7) is 2.10. The highest BCUT2D eigenvalue weighted by Crippen LogP contribution is 2.27. The Morgan fingerprint density at radius 3 is 2.83 bits per heavy atom. The third-order valence-electron chi connectivity index (χ3n) is 3.84. The van der Waals surface area contributed by atoms with Crippen LogP contribution in [0.4, 0.5) is 5.69 Å². The Morgan fingerprint density at radius 1 is 1.39 bits per heavy atom. The zero-order valence-electron chi connectivity index (χ0n) is 11.0. The van der Waals surface area contributed by atoms with Gasteiger partial charge in [-0.25, -0.2) is 0 Å². The van der Waals surface area contributed by atoms with Crippen molar-refractivity contribution in [2.24, 2.45) is 11.7 Å². The van der Waals surface area contributed by atoms with E-state index >= 15 is 0 Å². The molecule has 3 N–H and O–H groups in total. The molecule has 0 spiro atoms. The summed E-state index contributed by atoms with van der Waals surface area (Å²) in [5.74, 6) is 0.456. The SMILES string of the molecule is CCc1ccccc1NC(=O)C[C@@H]1CCC[C@H]1N. The van der Waals surface area contributed by atoms with Crippen LogP contribution in [0.3, 0.4) is 0 Å². The fourth-order valence-electron chi connectivity index (χ4n) is 2.71. The second-order valence-electron chi connectivity index (χ2n) is 5.12. The van der Waals surface area contributed by atoms with Crippen LogP contribution in [-0.4, -0.2) is 11.9 Å². The largest absolute Gasteiger partial charge is 0.327 e. The van der Waals surface area contributed by atoms with Gasteiger partial charge in [0.15, 0.2) is 0 Å². The Balaban J connectivity index is 1.94. The van der Waals surface area contributed by atoms with E-state index in [1.807, 2.05) is 18.2 Å². The van der Waals surface area contributed by atoms with Crippen LogP contribution in [0.15, 0.2) is 24.3 Å². The van der Waals surface area contributed by atoms with Gasteiger partial charge in [-0.2, -0.15) is 0 Å². The van der Waals surface area contributed by atoms with Gasteiger partial charge in [-0.05, 0) is 36.8 Å². The first-order valence-corrected chi connectivity index (χ1v) is 6.84. The maximum absolute atomic E-state index is 12.0. The van der Waals surface area contributed by atoms with Crippen LogP contribution in [0, 0.1) is 5.92 Å². The Morgan fingerprint density at radius 2 is 2.17 bits per heavy atom. The van der Waals surface area contributed by atoms with Gasteiger partial charge in [0, 0.05) is 18.2 Å². The molecule has 1 aromatic carbocycles. The molecule has 0 aromatic heterocycles. The number of hydrogen-bond acceptors (Lipinski definition) is 2. The Kier molecular flexibility index (Phi) is 4.37. The molecule has 1 aromatic rings. The van der Waals surface area contributed by atoms with Crippen LogP contribution >= 0.6 is 0 Å². The van der Waals surface area contributed by atoms with Crippen molar-refractivity contribution in [3.63, 3.8) is 0 Å². The van der Waals surface area contributed by atoms with Crippen molar-refractivity contribution in [2.75, 3.05) is 5.32 Å². The Hall–Kier alpha value is -1.35. The van der Waals surface area contributed by atoms with Crippen molar-refractivity contribution in [3.05, 3.63) is 29.8 Å². The van der Waals surface area contributed by atoms with Crippen LogP contribution in [0.2, 0.25) is 0 Å². The van der Waals surface area contributed by atoms with Gasteiger partial charge in [0.25, 0.3) is 0 Å². The zero-order chi connectivity index (χ0) is 13.0. The van der Waals surface area contributed by atoms with Crippen LogP contribution in [-0.2, 0) is 11.2 Å². The predicted octanol–water partition coefficient (Wildman–Crippen LogP) is 2.71. The summed E-state index contributed by atoms with van der Waals surface area (Å²) in [7, 11) is 0. The molecule has 3 heteroatoms. The highest BCUT2D eigenvalue weighted by Gasteiger charge is 2.26. The van der Waals surface area contributed by atoms with Crippen molar-refractivity contribution in [1.82, 2.24) is 0 Å². The normalized spacial score (nSPS) is 23.0. The molecular formula is C15H22N2O. The molecule has 0 radical (unpaired) electrons. The fourth-order valence-corrected chi connectivity index (χ4v) is 2.71. The number of anilines is 1. The summed E-state index contributed by atoms with van der Waals surface area (Å²) >= 11 is 0. The molecule has 1 saturated carbocycles. The molecule has 0 heterocycles. The summed E-state index contributed by atoms with van der Waals surface area (Å²) in [5, 5.41) is 3.01. The van der Waals surface area contributed by atoms with Crippen LogP contribution in [0.1, 0.15) is 38.2 Å². The van der Waals surface area contributed by atoms with Gasteiger partial charge >= 0.3 is 0 Å². The Bertz CT molecular complexity index is 417. The molecule has 18 heavy (non-hydrogen) atoms. The van der Waals surface area contributed by atoms with E-state index in [0.29, 0.717) is 12.3 Å². The van der Waals surface area contributed by atoms with Crippen molar-refractivity contribution in [3.8, 4) is 0 Å². The molecule has 0 aliphatic heterocycles. The maximum Gasteiger partial charge on any atom is 0.224 e. The number of aryl methyl sites for hydroxylation is 1. The highest BCUT2D eigenvalue weighted by molar-refractivity contribution is 5.91. The lowest BCUT2D eigenvalue weighted by molar-refractivity contribution is -0.117. The van der Waals surface area contributed by atoms with E-state index in [-0.39, 0.29) is 11.9 Å². The van der Waals surface area contributed by atoms with Gasteiger partial charge in [0.05, 0.1) is 0 Å². The van der Waals surface area contributed by atoms with Gasteiger partial charge in [-0.15, -0.1) is 0 Å². The number of nitrogens with two attached hydrogens (primary N) is 1. The average Bonchev–Trinajstić information content (AvgIpc) is 2.75. The number of carbonyl (C=O) groups is 1. The number of nitrogens with one attached hydrogen (secondary N) is 1. The number of amides is 1. The first-order chi connectivity index (χ1) is 8.70. The second-order valence-corrected chi connectivity index (χ2v) is 5.12. The monoisotopic (exact) mass is 246 g/mol. The molecular weight excluding hydrogens is 224 g/mol. The molecule has 2 atom stereocenters. The second kappa shape index (κ2) is 6.01. The van der Waals surface area contributed by atoms with E-state index < -0.39 is 0 Å². The number of benzene rings is 1. The predicted molar refractivity (Wildman–Crippen MR) is 74.4 cm³/mol. The lowest BCUT2D eigenvalue weighted by Crippen LogP contribution is -2.28. The number of carbonyl (C=O) groups excluding carboxylic acids is 1. The summed E-state index contributed by atoms with van der Waals surface area (Å²) in [6, 6.07) is 8.18. The molecule has 1 fully saturated rings. The minimum atomic E-state index is 0.0956. The standard InChI is InChI=1S/C15H22N2O/c1-2-11-6-3-4-9-14(11)17-15(18)10-12-7-5-8-13(12)16/h3-4,6,9,12-13H,2,5,7-8,10,16H2,1H3,(H,17,18)/t12-,13+/m0/s1. The van der Waals surface area contributed by atoms with E-state index in [1.54, 1.807) is 0 Å². The van der Waals surface area contributed by atoms with E-state index in [0.717, 1.165) is 31.4 Å². The molecule has 1 aliphatic rings. The third-order valence-corrected chi connectivity index (χ3v) is 3.84. The first kappa shape index (κ1) is 13.1. The van der Waals surface area contributed by atoms with Gasteiger partial charge in [0.2, 0.25) is 5.91 Å². The van der Waals surface area contributed by atoms with Gasteiger partial charge in [-0.3, -0.25) is 4.79 Å². The molecule has 98 valence electrons. The number of hydrogen-bond donors (Lipinski definition) is 2. The van der Waals surface area contributed by atoms with Crippen molar-refractivity contribution >= 4 is 11.6 Å². The molecule has 0 saturated heterocycles. The van der Waals surface area contributed by atoms with Crippen molar-refractivity contribution in [1.29, 1.82) is 0 Å².